The number of Topliss-reactive ketones (excluding diaryl/α,β-unsaturated/α-hetero) is 1. The lowest BCUT2D eigenvalue weighted by Gasteiger charge is -2.62. The summed E-state index contributed by atoms with van der Waals surface area (Å²) < 4.78 is 0. The maximum atomic E-state index is 13.9. The van der Waals surface area contributed by atoms with E-state index in [9.17, 15) is 15.0 Å². The second-order valence-electron chi connectivity index (χ2n) is 13.7. The van der Waals surface area contributed by atoms with Crippen molar-refractivity contribution in [3.05, 3.63) is 22.8 Å². The molecular weight excluding hydrogens is 408 g/mol. The van der Waals surface area contributed by atoms with Gasteiger partial charge in [0.1, 0.15) is 0 Å². The van der Waals surface area contributed by atoms with E-state index in [0.29, 0.717) is 18.3 Å². The number of carbonyl (C=O) groups is 1. The summed E-state index contributed by atoms with van der Waals surface area (Å²) in [7, 11) is 0. The molecule has 33 heavy (non-hydrogen) atoms. The highest BCUT2D eigenvalue weighted by Crippen LogP contribution is 2.71. The lowest BCUT2D eigenvalue weighted by atomic mass is 9.42. The molecule has 2 fully saturated rings. The van der Waals surface area contributed by atoms with Gasteiger partial charge in [-0.3, -0.25) is 4.79 Å². The van der Waals surface area contributed by atoms with Crippen molar-refractivity contribution in [1.29, 1.82) is 0 Å². The Morgan fingerprint density at radius 2 is 1.76 bits per heavy atom. The molecule has 0 aromatic heterocycles. The van der Waals surface area contributed by atoms with E-state index in [4.69, 9.17) is 0 Å². The number of allylic oxidation sites excluding steroid dienone is 3. The first-order valence-electron chi connectivity index (χ1n) is 13.5. The van der Waals surface area contributed by atoms with Gasteiger partial charge in [0.05, 0.1) is 12.2 Å². The second-order valence-corrected chi connectivity index (χ2v) is 13.7. The number of ketones is 1. The summed E-state index contributed by atoms with van der Waals surface area (Å²) in [5, 5.41) is 22.5. The second kappa shape index (κ2) is 8.05. The Labute approximate surface area is 202 Å². The first-order chi connectivity index (χ1) is 15.2. The number of aliphatic hydroxyl groups is 2. The van der Waals surface area contributed by atoms with E-state index in [-0.39, 0.29) is 39.5 Å². The van der Waals surface area contributed by atoms with E-state index in [2.05, 4.69) is 61.5 Å². The zero-order valence-corrected chi connectivity index (χ0v) is 22.4. The number of hydrogen-bond donors (Lipinski definition) is 2. The molecule has 0 bridgehead atoms. The first-order valence-corrected chi connectivity index (χ1v) is 13.5. The lowest BCUT2D eigenvalue weighted by Crippen LogP contribution is -2.59. The zero-order valence-electron chi connectivity index (χ0n) is 22.4. The lowest BCUT2D eigenvalue weighted by molar-refractivity contribution is -0.138. The van der Waals surface area contributed by atoms with E-state index in [1.807, 2.05) is 0 Å². The summed E-state index contributed by atoms with van der Waals surface area (Å²) in [4.78, 5) is 13.9. The molecule has 3 heteroatoms. The molecule has 0 aliphatic heterocycles. The molecule has 8 atom stereocenters. The molecule has 186 valence electrons. The first kappa shape index (κ1) is 25.2. The van der Waals surface area contributed by atoms with E-state index in [0.717, 1.165) is 49.7 Å². The fourth-order valence-electron chi connectivity index (χ4n) is 9.22. The minimum Gasteiger partial charge on any atom is -0.393 e. The highest BCUT2D eigenvalue weighted by Gasteiger charge is 2.67. The fourth-order valence-corrected chi connectivity index (χ4v) is 9.22. The molecule has 0 radical (unpaired) electrons. The van der Waals surface area contributed by atoms with Gasteiger partial charge in [0, 0.05) is 17.4 Å². The molecule has 4 rings (SSSR count). The molecule has 2 N–H and O–H groups in total. The van der Waals surface area contributed by atoms with Gasteiger partial charge in [0.25, 0.3) is 0 Å². The van der Waals surface area contributed by atoms with Gasteiger partial charge in [-0.2, -0.15) is 0 Å². The molecule has 0 aromatic rings. The molecular formula is C30H48O3. The van der Waals surface area contributed by atoms with Crippen LogP contribution >= 0.6 is 0 Å². The van der Waals surface area contributed by atoms with Crippen molar-refractivity contribution in [1.82, 2.24) is 0 Å². The number of fused-ring (bicyclic) bond motifs is 4. The maximum Gasteiger partial charge on any atom is 0.159 e. The summed E-state index contributed by atoms with van der Waals surface area (Å²) >= 11 is 0. The Balaban J connectivity index is 1.75. The standard InChI is InChI=1S/C30H48O3/c1-18(2)10-9-11-19(3)20-12-15-29(7)26-21(31)16-23-27(4,5)24(33)13-14-28(23,6)25(26)22(32)17-30(20,29)8/h10,19-20,22-24,32-33H,9,11-17H2,1-8H3. The van der Waals surface area contributed by atoms with Crippen molar-refractivity contribution in [3.63, 3.8) is 0 Å². The van der Waals surface area contributed by atoms with Crippen LogP contribution in [0.15, 0.2) is 22.8 Å². The van der Waals surface area contributed by atoms with Crippen LogP contribution in [0.5, 0.6) is 0 Å². The molecule has 8 unspecified atom stereocenters. The van der Waals surface area contributed by atoms with Gasteiger partial charge in [-0.15, -0.1) is 0 Å². The minimum atomic E-state index is -0.550. The van der Waals surface area contributed by atoms with Crippen molar-refractivity contribution in [2.24, 2.45) is 39.4 Å². The summed E-state index contributed by atoms with van der Waals surface area (Å²) in [5.74, 6) is 1.44. The third-order valence-corrected chi connectivity index (χ3v) is 11.4. The Bertz CT molecular complexity index is 877. The Morgan fingerprint density at radius 3 is 2.39 bits per heavy atom. The van der Waals surface area contributed by atoms with Crippen LogP contribution in [0.2, 0.25) is 0 Å². The van der Waals surface area contributed by atoms with Gasteiger partial charge in [-0.05, 0) is 98.4 Å². The van der Waals surface area contributed by atoms with Crippen molar-refractivity contribution in [3.8, 4) is 0 Å². The topological polar surface area (TPSA) is 57.5 Å². The summed E-state index contributed by atoms with van der Waals surface area (Å²) in [6.07, 6.45) is 8.76. The predicted octanol–water partition coefficient (Wildman–Crippen LogP) is 6.63. The van der Waals surface area contributed by atoms with Crippen molar-refractivity contribution >= 4 is 5.78 Å². The van der Waals surface area contributed by atoms with Gasteiger partial charge >= 0.3 is 0 Å². The summed E-state index contributed by atoms with van der Waals surface area (Å²) in [6.45, 7) is 18.0. The SMILES string of the molecule is CC(C)=CCCC(C)C1CCC2(C)C3=C(C(O)CC12C)C1(C)CCC(O)C(C)(C)C1CC3=O. The maximum absolute atomic E-state index is 13.9. The van der Waals surface area contributed by atoms with Gasteiger partial charge in [-0.25, -0.2) is 0 Å². The highest BCUT2D eigenvalue weighted by atomic mass is 16.3. The monoisotopic (exact) mass is 456 g/mol. The smallest absolute Gasteiger partial charge is 0.159 e. The average molecular weight is 457 g/mol. The zero-order chi connectivity index (χ0) is 24.6. The largest absolute Gasteiger partial charge is 0.393 e. The molecule has 0 amide bonds. The van der Waals surface area contributed by atoms with Crippen LogP contribution in [-0.4, -0.2) is 28.2 Å². The van der Waals surface area contributed by atoms with Crippen molar-refractivity contribution in [2.45, 2.75) is 119 Å². The van der Waals surface area contributed by atoms with Crippen LogP contribution in [0.3, 0.4) is 0 Å². The molecule has 0 saturated heterocycles. The average Bonchev–Trinajstić information content (AvgIpc) is 2.97. The number of carbonyl (C=O) groups excluding carboxylic acids is 1. The van der Waals surface area contributed by atoms with Gasteiger partial charge in [-0.1, -0.05) is 53.2 Å². The predicted molar refractivity (Wildman–Crippen MR) is 135 cm³/mol. The summed E-state index contributed by atoms with van der Waals surface area (Å²) in [6, 6.07) is 0. The molecule has 4 aliphatic carbocycles. The van der Waals surface area contributed by atoms with E-state index < -0.39 is 6.10 Å². The molecule has 2 saturated carbocycles. The normalized spacial score (nSPS) is 45.2. The molecule has 3 nitrogen and oxygen atoms in total. The number of aliphatic hydroxyl groups excluding tert-OH is 2. The number of rotatable bonds is 4. The van der Waals surface area contributed by atoms with E-state index in [1.165, 1.54) is 12.0 Å². The van der Waals surface area contributed by atoms with Gasteiger partial charge in [0.2, 0.25) is 0 Å². The van der Waals surface area contributed by atoms with E-state index in [1.54, 1.807) is 0 Å². The Morgan fingerprint density at radius 1 is 1.09 bits per heavy atom. The molecule has 0 aromatic carbocycles. The quantitative estimate of drug-likeness (QED) is 0.467. The molecule has 4 aliphatic rings. The van der Waals surface area contributed by atoms with Crippen LogP contribution in [0.4, 0.5) is 0 Å². The fraction of sp³-hybridized carbons (Fsp3) is 0.833. The van der Waals surface area contributed by atoms with Crippen LogP contribution in [0.1, 0.15) is 107 Å². The van der Waals surface area contributed by atoms with Crippen molar-refractivity contribution < 1.29 is 15.0 Å². The van der Waals surface area contributed by atoms with Crippen LogP contribution in [0, 0.1) is 39.4 Å². The molecule has 0 spiro atoms. The van der Waals surface area contributed by atoms with Crippen molar-refractivity contribution in [2.75, 3.05) is 0 Å². The number of hydrogen-bond acceptors (Lipinski definition) is 3. The third kappa shape index (κ3) is 3.46. The van der Waals surface area contributed by atoms with Gasteiger partial charge < -0.3 is 10.2 Å². The Hall–Kier alpha value is -0.930. The van der Waals surface area contributed by atoms with Gasteiger partial charge in [0.15, 0.2) is 5.78 Å². The molecule has 0 heterocycles. The minimum absolute atomic E-state index is 0.0573. The third-order valence-electron chi connectivity index (χ3n) is 11.4. The van der Waals surface area contributed by atoms with Crippen LogP contribution in [-0.2, 0) is 4.79 Å². The van der Waals surface area contributed by atoms with E-state index >= 15 is 0 Å². The van der Waals surface area contributed by atoms with Crippen LogP contribution < -0.4 is 0 Å². The summed E-state index contributed by atoms with van der Waals surface area (Å²) in [5.41, 5.74) is 2.68. The Kier molecular flexibility index (Phi) is 6.14. The van der Waals surface area contributed by atoms with Crippen LogP contribution in [0.25, 0.3) is 0 Å². The highest BCUT2D eigenvalue weighted by molar-refractivity contribution is 6.00.